The van der Waals surface area contributed by atoms with Crippen molar-refractivity contribution in [2.45, 2.75) is 25.3 Å². The van der Waals surface area contributed by atoms with E-state index in [0.717, 1.165) is 41.1 Å². The molecule has 0 unspecified atom stereocenters. The maximum absolute atomic E-state index is 13.0. The smallest absolute Gasteiger partial charge is 0.242 e. The van der Waals surface area contributed by atoms with Gasteiger partial charge in [0.15, 0.2) is 5.76 Å². The number of aromatic hydroxyl groups is 2. The lowest BCUT2D eigenvalue weighted by molar-refractivity contribution is -0.129. The van der Waals surface area contributed by atoms with Crippen molar-refractivity contribution in [3.8, 4) is 23.0 Å². The van der Waals surface area contributed by atoms with Gasteiger partial charge >= 0.3 is 0 Å². The van der Waals surface area contributed by atoms with Gasteiger partial charge in [0, 0.05) is 48.4 Å². The molecule has 0 radical (unpaired) electrons. The van der Waals surface area contributed by atoms with Crippen LogP contribution in [0.2, 0.25) is 0 Å². The highest BCUT2D eigenvalue weighted by atomic mass is 16.5. The number of carbonyl (C=O) groups excluding carboxylic acids is 2. The lowest BCUT2D eigenvalue weighted by Gasteiger charge is -2.15. The quantitative estimate of drug-likeness (QED) is 0.578. The van der Waals surface area contributed by atoms with E-state index >= 15 is 0 Å². The maximum atomic E-state index is 13.0. The molecule has 0 saturated heterocycles. The Morgan fingerprint density at radius 3 is 2.67 bits per heavy atom. The molecular weight excluding hydrogens is 424 g/mol. The number of ether oxygens (including phenoxy) is 2. The van der Waals surface area contributed by atoms with Crippen LogP contribution in [0.15, 0.2) is 36.1 Å². The number of carbonyl (C=O) groups is 2. The van der Waals surface area contributed by atoms with Crippen molar-refractivity contribution in [3.63, 3.8) is 0 Å². The van der Waals surface area contributed by atoms with Gasteiger partial charge in [-0.1, -0.05) is 0 Å². The monoisotopic (exact) mass is 448 g/mol. The molecule has 8 nitrogen and oxygen atoms in total. The second-order valence-electron chi connectivity index (χ2n) is 8.61. The van der Waals surface area contributed by atoms with Crippen LogP contribution >= 0.6 is 0 Å². The summed E-state index contributed by atoms with van der Waals surface area (Å²) in [4.78, 5) is 27.2. The number of hydrogen-bond donors (Lipinski definition) is 2. The van der Waals surface area contributed by atoms with Gasteiger partial charge in [-0.3, -0.25) is 9.59 Å². The number of Topliss-reactive ketones (excluding diaryl/α,β-unsaturated/α-hetero) is 1. The van der Waals surface area contributed by atoms with Gasteiger partial charge in [0.2, 0.25) is 11.7 Å². The van der Waals surface area contributed by atoms with E-state index in [0.29, 0.717) is 5.75 Å². The van der Waals surface area contributed by atoms with E-state index in [1.54, 1.807) is 32.2 Å². The summed E-state index contributed by atoms with van der Waals surface area (Å²) in [5, 5.41) is 20.8. The third-order valence-corrected chi connectivity index (χ3v) is 6.12. The number of benzene rings is 2. The molecule has 2 heterocycles. The fraction of sp³-hybridized carbons (Fsp3) is 0.280. The van der Waals surface area contributed by atoms with E-state index in [-0.39, 0.29) is 46.9 Å². The van der Waals surface area contributed by atoms with Crippen LogP contribution in [-0.2, 0) is 11.3 Å². The highest BCUT2D eigenvalue weighted by Crippen LogP contribution is 2.47. The fourth-order valence-corrected chi connectivity index (χ4v) is 4.31. The Labute approximate surface area is 190 Å². The number of ketones is 1. The molecule has 1 fully saturated rings. The lowest BCUT2D eigenvalue weighted by Crippen LogP contribution is -2.26. The molecule has 0 bridgehead atoms. The average molecular weight is 448 g/mol. The van der Waals surface area contributed by atoms with Crippen LogP contribution in [0.3, 0.4) is 0 Å². The summed E-state index contributed by atoms with van der Waals surface area (Å²) in [6, 6.07) is 8.07. The number of aromatic nitrogens is 1. The Morgan fingerprint density at radius 1 is 1.24 bits per heavy atom. The summed E-state index contributed by atoms with van der Waals surface area (Å²) in [7, 11) is 5.03. The topological polar surface area (TPSA) is 101 Å². The molecule has 3 aromatic rings. The number of amides is 1. The third kappa shape index (κ3) is 3.47. The minimum absolute atomic E-state index is 0.0242. The first kappa shape index (κ1) is 20.9. The third-order valence-electron chi connectivity index (χ3n) is 6.12. The van der Waals surface area contributed by atoms with E-state index in [1.165, 1.54) is 6.07 Å². The Bertz CT molecular complexity index is 1350. The SMILES string of the molecule is COc1ccc2c(c1)c(C=C1Oc3cc(O)cc(O)c3C1=O)c(C1CC1)n2CC(=O)N(C)C. The number of rotatable bonds is 5. The molecule has 5 rings (SSSR count). The zero-order valence-corrected chi connectivity index (χ0v) is 18.6. The number of hydrogen-bond acceptors (Lipinski definition) is 6. The first-order valence-corrected chi connectivity index (χ1v) is 10.7. The van der Waals surface area contributed by atoms with Gasteiger partial charge in [0.05, 0.1) is 7.11 Å². The summed E-state index contributed by atoms with van der Waals surface area (Å²) in [5.74, 6) is 0.0623. The van der Waals surface area contributed by atoms with Gasteiger partial charge in [-0.25, -0.2) is 0 Å². The molecule has 1 aliphatic heterocycles. The maximum Gasteiger partial charge on any atom is 0.242 e. The van der Waals surface area contributed by atoms with Crippen LogP contribution in [0.1, 0.15) is 40.4 Å². The van der Waals surface area contributed by atoms with Crippen molar-refractivity contribution in [1.82, 2.24) is 9.47 Å². The van der Waals surface area contributed by atoms with E-state index < -0.39 is 5.78 Å². The van der Waals surface area contributed by atoms with Gasteiger partial charge in [-0.05, 0) is 43.0 Å². The molecule has 1 saturated carbocycles. The minimum atomic E-state index is -0.461. The second-order valence-corrected chi connectivity index (χ2v) is 8.61. The number of nitrogens with zero attached hydrogens (tertiary/aromatic N) is 2. The van der Waals surface area contributed by atoms with Crippen molar-refractivity contribution in [1.29, 1.82) is 0 Å². The Morgan fingerprint density at radius 2 is 2.00 bits per heavy atom. The Balaban J connectivity index is 1.71. The van der Waals surface area contributed by atoms with Gasteiger partial charge in [-0.2, -0.15) is 0 Å². The largest absolute Gasteiger partial charge is 0.508 e. The van der Waals surface area contributed by atoms with Crippen LogP contribution in [0.25, 0.3) is 17.0 Å². The highest BCUT2D eigenvalue weighted by Gasteiger charge is 2.35. The zero-order valence-electron chi connectivity index (χ0n) is 18.6. The number of phenols is 2. The molecule has 0 atom stereocenters. The van der Waals surface area contributed by atoms with E-state index in [4.69, 9.17) is 9.47 Å². The van der Waals surface area contributed by atoms with Gasteiger partial charge < -0.3 is 29.2 Å². The van der Waals surface area contributed by atoms with Gasteiger partial charge in [0.1, 0.15) is 35.1 Å². The molecule has 2 aromatic carbocycles. The summed E-state index contributed by atoms with van der Waals surface area (Å²) in [6.45, 7) is 0.175. The van der Waals surface area contributed by atoms with Crippen molar-refractivity contribution in [3.05, 3.63) is 52.9 Å². The summed E-state index contributed by atoms with van der Waals surface area (Å²) < 4.78 is 13.2. The second kappa shape index (κ2) is 7.58. The van der Waals surface area contributed by atoms with Crippen LogP contribution < -0.4 is 9.47 Å². The Kier molecular flexibility index (Phi) is 4.81. The normalized spacial score (nSPS) is 16.2. The number of likely N-dealkylation sites (N-methyl/N-ethyl adjacent to an activating group) is 1. The number of allylic oxidation sites excluding steroid dienone is 1. The van der Waals surface area contributed by atoms with Crippen molar-refractivity contribution in [2.24, 2.45) is 0 Å². The Hall–Kier alpha value is -3.94. The molecule has 1 aromatic heterocycles. The zero-order chi connectivity index (χ0) is 23.4. The van der Waals surface area contributed by atoms with E-state index in [9.17, 15) is 19.8 Å². The van der Waals surface area contributed by atoms with Crippen LogP contribution in [0, 0.1) is 0 Å². The van der Waals surface area contributed by atoms with E-state index in [2.05, 4.69) is 0 Å². The molecular formula is C25H24N2O6. The van der Waals surface area contributed by atoms with Crippen molar-refractivity contribution in [2.75, 3.05) is 21.2 Å². The molecule has 8 heteroatoms. The first-order valence-electron chi connectivity index (χ1n) is 10.7. The van der Waals surface area contributed by atoms with Crippen LogP contribution in [-0.4, -0.2) is 52.6 Å². The standard InChI is InChI=1S/C25H24N2O6/c1-26(2)22(30)12-27-18-7-6-15(32-3)10-16(18)17(24(27)13-4-5-13)11-21-25(31)23-19(29)8-14(28)9-20(23)33-21/h6-11,13,28-29H,4-5,12H2,1-3H3. The van der Waals surface area contributed by atoms with E-state index in [1.807, 2.05) is 22.8 Å². The molecule has 170 valence electrons. The average Bonchev–Trinajstić information content (AvgIpc) is 3.50. The number of methoxy groups -OCH3 is 1. The van der Waals surface area contributed by atoms with Crippen molar-refractivity contribution < 1.29 is 29.3 Å². The highest BCUT2D eigenvalue weighted by molar-refractivity contribution is 6.17. The summed E-state index contributed by atoms with van der Waals surface area (Å²) in [5.41, 5.74) is 2.65. The molecule has 0 spiro atoms. The van der Waals surface area contributed by atoms with Gasteiger partial charge in [0.25, 0.3) is 0 Å². The van der Waals surface area contributed by atoms with Crippen LogP contribution in [0.4, 0.5) is 0 Å². The fourth-order valence-electron chi connectivity index (χ4n) is 4.31. The first-order chi connectivity index (χ1) is 15.8. The van der Waals surface area contributed by atoms with Crippen LogP contribution in [0.5, 0.6) is 23.0 Å². The predicted octanol–water partition coefficient (Wildman–Crippen LogP) is 3.64. The lowest BCUT2D eigenvalue weighted by atomic mass is 10.0. The van der Waals surface area contributed by atoms with Gasteiger partial charge in [-0.15, -0.1) is 0 Å². The molecule has 1 amide bonds. The molecule has 2 N–H and O–H groups in total. The number of phenolic OH excluding ortho intramolecular Hbond substituents is 2. The minimum Gasteiger partial charge on any atom is -0.508 e. The van der Waals surface area contributed by atoms with Crippen molar-refractivity contribution >= 4 is 28.7 Å². The molecule has 2 aliphatic rings. The molecule has 33 heavy (non-hydrogen) atoms. The number of fused-ring (bicyclic) bond motifs is 2. The summed E-state index contributed by atoms with van der Waals surface area (Å²) >= 11 is 0. The molecule has 1 aliphatic carbocycles. The predicted molar refractivity (Wildman–Crippen MR) is 122 cm³/mol. The summed E-state index contributed by atoms with van der Waals surface area (Å²) in [6.07, 6.45) is 3.65.